The smallest absolute Gasteiger partial charge is 0.326 e. The van der Waals surface area contributed by atoms with E-state index in [1.807, 2.05) is 6.92 Å². The van der Waals surface area contributed by atoms with Crippen molar-refractivity contribution in [3.8, 4) is 0 Å². The SMILES string of the molecule is CCC[C@H](NC(=O)c1ccc(Cl)cc1Cl)C(=O)O. The number of halogens is 2. The summed E-state index contributed by atoms with van der Waals surface area (Å²) in [4.78, 5) is 22.8. The summed E-state index contributed by atoms with van der Waals surface area (Å²) in [6.45, 7) is 1.84. The monoisotopic (exact) mass is 289 g/mol. The van der Waals surface area contributed by atoms with Crippen LogP contribution in [0.1, 0.15) is 30.1 Å². The van der Waals surface area contributed by atoms with Crippen LogP contribution in [-0.2, 0) is 4.79 Å². The number of carbonyl (C=O) groups excluding carboxylic acids is 1. The van der Waals surface area contributed by atoms with Gasteiger partial charge in [0, 0.05) is 5.02 Å². The van der Waals surface area contributed by atoms with Gasteiger partial charge in [-0.05, 0) is 24.6 Å². The second-order valence-corrected chi connectivity index (χ2v) is 4.62. The zero-order chi connectivity index (χ0) is 13.7. The second kappa shape index (κ2) is 6.61. The summed E-state index contributed by atoms with van der Waals surface area (Å²) in [5, 5.41) is 12.0. The molecular weight excluding hydrogens is 277 g/mol. The zero-order valence-corrected chi connectivity index (χ0v) is 11.3. The number of amides is 1. The van der Waals surface area contributed by atoms with Crippen molar-refractivity contribution in [2.24, 2.45) is 0 Å². The molecule has 18 heavy (non-hydrogen) atoms. The standard InChI is InChI=1S/C12H13Cl2NO3/c1-2-3-10(12(17)18)15-11(16)8-5-4-7(13)6-9(8)14/h4-6,10H,2-3H2,1H3,(H,15,16)(H,17,18)/t10-/m0/s1. The van der Waals surface area contributed by atoms with E-state index in [0.29, 0.717) is 17.9 Å². The lowest BCUT2D eigenvalue weighted by molar-refractivity contribution is -0.139. The van der Waals surface area contributed by atoms with Gasteiger partial charge in [-0.2, -0.15) is 0 Å². The van der Waals surface area contributed by atoms with Crippen LogP contribution in [0.4, 0.5) is 0 Å². The van der Waals surface area contributed by atoms with Crippen LogP contribution < -0.4 is 5.32 Å². The summed E-state index contributed by atoms with van der Waals surface area (Å²) >= 11 is 11.6. The van der Waals surface area contributed by atoms with E-state index in [4.69, 9.17) is 28.3 Å². The summed E-state index contributed by atoms with van der Waals surface area (Å²) in [6.07, 6.45) is 1.03. The van der Waals surface area contributed by atoms with Crippen molar-refractivity contribution >= 4 is 35.1 Å². The highest BCUT2D eigenvalue weighted by Gasteiger charge is 2.20. The predicted octanol–water partition coefficient (Wildman–Crippen LogP) is 2.98. The van der Waals surface area contributed by atoms with Crippen molar-refractivity contribution in [1.82, 2.24) is 5.32 Å². The summed E-state index contributed by atoms with van der Waals surface area (Å²) in [5.74, 6) is -1.58. The topological polar surface area (TPSA) is 66.4 Å². The highest BCUT2D eigenvalue weighted by Crippen LogP contribution is 2.21. The molecule has 0 saturated carbocycles. The van der Waals surface area contributed by atoms with Crippen LogP contribution in [-0.4, -0.2) is 23.0 Å². The maximum atomic E-state index is 11.9. The average Bonchev–Trinajstić information content (AvgIpc) is 2.27. The predicted molar refractivity (Wildman–Crippen MR) is 70.3 cm³/mol. The maximum absolute atomic E-state index is 11.9. The summed E-state index contributed by atoms with van der Waals surface area (Å²) in [7, 11) is 0. The molecule has 0 unspecified atom stereocenters. The maximum Gasteiger partial charge on any atom is 0.326 e. The first-order valence-corrected chi connectivity index (χ1v) is 6.20. The molecule has 1 atom stereocenters. The van der Waals surface area contributed by atoms with Gasteiger partial charge in [-0.25, -0.2) is 4.79 Å². The molecule has 1 aromatic carbocycles. The normalized spacial score (nSPS) is 11.9. The summed E-state index contributed by atoms with van der Waals surface area (Å²) < 4.78 is 0. The van der Waals surface area contributed by atoms with E-state index in [0.717, 1.165) is 0 Å². The van der Waals surface area contributed by atoms with Crippen LogP contribution in [0.3, 0.4) is 0 Å². The lowest BCUT2D eigenvalue weighted by atomic mass is 10.1. The van der Waals surface area contributed by atoms with Gasteiger partial charge >= 0.3 is 5.97 Å². The van der Waals surface area contributed by atoms with Gasteiger partial charge in [0.2, 0.25) is 0 Å². The van der Waals surface area contributed by atoms with Crippen LogP contribution in [0.15, 0.2) is 18.2 Å². The van der Waals surface area contributed by atoms with Gasteiger partial charge < -0.3 is 10.4 Å². The van der Waals surface area contributed by atoms with Gasteiger partial charge in [0.1, 0.15) is 6.04 Å². The minimum atomic E-state index is -1.06. The van der Waals surface area contributed by atoms with Crippen LogP contribution in [0, 0.1) is 0 Å². The fraction of sp³-hybridized carbons (Fsp3) is 0.333. The Bertz CT molecular complexity index is 463. The average molecular weight is 290 g/mol. The van der Waals surface area contributed by atoms with Crippen molar-refractivity contribution in [3.63, 3.8) is 0 Å². The fourth-order valence-corrected chi connectivity index (χ4v) is 1.95. The van der Waals surface area contributed by atoms with Crippen molar-refractivity contribution in [1.29, 1.82) is 0 Å². The summed E-state index contributed by atoms with van der Waals surface area (Å²) in [6, 6.07) is 3.52. The molecule has 98 valence electrons. The number of rotatable bonds is 5. The van der Waals surface area contributed by atoms with E-state index in [2.05, 4.69) is 5.32 Å². The molecule has 6 heteroatoms. The van der Waals surface area contributed by atoms with Crippen LogP contribution in [0.25, 0.3) is 0 Å². The molecule has 0 saturated heterocycles. The first-order chi connectivity index (χ1) is 8.45. The number of carbonyl (C=O) groups is 2. The largest absolute Gasteiger partial charge is 0.480 e. The van der Waals surface area contributed by atoms with Crippen molar-refractivity contribution in [2.45, 2.75) is 25.8 Å². The molecule has 0 heterocycles. The Morgan fingerprint density at radius 1 is 1.39 bits per heavy atom. The third kappa shape index (κ3) is 3.89. The van der Waals surface area contributed by atoms with Crippen LogP contribution in [0.5, 0.6) is 0 Å². The Hall–Kier alpha value is -1.26. The van der Waals surface area contributed by atoms with E-state index in [-0.39, 0.29) is 10.6 Å². The molecule has 0 spiro atoms. The van der Waals surface area contributed by atoms with E-state index in [1.54, 1.807) is 0 Å². The molecule has 1 rings (SSSR count). The highest BCUT2D eigenvalue weighted by atomic mass is 35.5. The molecule has 0 aliphatic heterocycles. The van der Waals surface area contributed by atoms with Gasteiger partial charge in [-0.15, -0.1) is 0 Å². The Balaban J connectivity index is 2.83. The van der Waals surface area contributed by atoms with E-state index >= 15 is 0 Å². The van der Waals surface area contributed by atoms with Crippen molar-refractivity contribution < 1.29 is 14.7 Å². The Morgan fingerprint density at radius 3 is 2.56 bits per heavy atom. The third-order valence-electron chi connectivity index (χ3n) is 2.36. The minimum Gasteiger partial charge on any atom is -0.480 e. The molecule has 0 aliphatic rings. The molecule has 1 aromatic rings. The van der Waals surface area contributed by atoms with Gasteiger partial charge in [0.15, 0.2) is 0 Å². The number of nitrogens with one attached hydrogen (secondary N) is 1. The number of carboxylic acids is 1. The first-order valence-electron chi connectivity index (χ1n) is 5.44. The van der Waals surface area contributed by atoms with Gasteiger partial charge in [-0.3, -0.25) is 4.79 Å². The van der Waals surface area contributed by atoms with E-state index in [9.17, 15) is 9.59 Å². The molecule has 0 aromatic heterocycles. The lowest BCUT2D eigenvalue weighted by Gasteiger charge is -2.14. The van der Waals surface area contributed by atoms with Crippen LogP contribution in [0.2, 0.25) is 10.0 Å². The second-order valence-electron chi connectivity index (χ2n) is 3.78. The molecule has 0 bridgehead atoms. The number of aliphatic carboxylic acids is 1. The molecule has 0 radical (unpaired) electrons. The Kier molecular flexibility index (Phi) is 5.44. The first kappa shape index (κ1) is 14.8. The lowest BCUT2D eigenvalue weighted by Crippen LogP contribution is -2.40. The quantitative estimate of drug-likeness (QED) is 0.876. The Morgan fingerprint density at radius 2 is 2.06 bits per heavy atom. The third-order valence-corrected chi connectivity index (χ3v) is 2.90. The molecule has 4 nitrogen and oxygen atoms in total. The minimum absolute atomic E-state index is 0.195. The Labute approximate surface area is 115 Å². The summed E-state index contributed by atoms with van der Waals surface area (Å²) in [5.41, 5.74) is 0.211. The van der Waals surface area contributed by atoms with Gasteiger partial charge in [-0.1, -0.05) is 36.5 Å². The molecular formula is C12H13Cl2NO3. The number of hydrogen-bond acceptors (Lipinski definition) is 2. The van der Waals surface area contributed by atoms with Gasteiger partial charge in [0.05, 0.1) is 10.6 Å². The van der Waals surface area contributed by atoms with Gasteiger partial charge in [0.25, 0.3) is 5.91 Å². The fourth-order valence-electron chi connectivity index (χ4n) is 1.46. The van der Waals surface area contributed by atoms with Crippen molar-refractivity contribution in [2.75, 3.05) is 0 Å². The molecule has 2 N–H and O–H groups in total. The molecule has 0 aliphatic carbocycles. The van der Waals surface area contributed by atoms with E-state index < -0.39 is 17.9 Å². The molecule has 0 fully saturated rings. The zero-order valence-electron chi connectivity index (χ0n) is 9.74. The molecule has 1 amide bonds. The van der Waals surface area contributed by atoms with Crippen LogP contribution >= 0.6 is 23.2 Å². The number of hydrogen-bond donors (Lipinski definition) is 2. The number of benzene rings is 1. The highest BCUT2D eigenvalue weighted by molar-refractivity contribution is 6.36. The number of carboxylic acid groups (broad SMARTS) is 1. The van der Waals surface area contributed by atoms with E-state index in [1.165, 1.54) is 18.2 Å². The van der Waals surface area contributed by atoms with Crippen molar-refractivity contribution in [3.05, 3.63) is 33.8 Å².